The topological polar surface area (TPSA) is 97.6 Å². The summed E-state index contributed by atoms with van der Waals surface area (Å²) in [4.78, 5) is 31.6. The molecular formula is C20H30N4O3. The van der Waals surface area contributed by atoms with Crippen LogP contribution in [0.1, 0.15) is 67.6 Å². The van der Waals surface area contributed by atoms with Gasteiger partial charge >= 0.3 is 0 Å². The number of methoxy groups -OCH3 is 1. The molecular weight excluding hydrogens is 344 g/mol. The quantitative estimate of drug-likeness (QED) is 0.760. The zero-order chi connectivity index (χ0) is 19.6. The Bertz CT molecular complexity index is 715. The Kier molecular flexibility index (Phi) is 5.99. The van der Waals surface area contributed by atoms with Gasteiger partial charge in [-0.15, -0.1) is 0 Å². The Balaban J connectivity index is 1.74. The minimum Gasteiger partial charge on any atom is -0.481 e. The third-order valence-corrected chi connectivity index (χ3v) is 5.92. The Morgan fingerprint density at radius 3 is 2.78 bits per heavy atom. The van der Waals surface area contributed by atoms with Gasteiger partial charge in [-0.05, 0) is 24.8 Å². The van der Waals surface area contributed by atoms with Crippen LogP contribution in [0.3, 0.4) is 0 Å². The molecule has 0 unspecified atom stereocenters. The second kappa shape index (κ2) is 8.25. The number of nitrogens with one attached hydrogen (secondary N) is 1. The van der Waals surface area contributed by atoms with Crippen molar-refractivity contribution in [2.24, 2.45) is 11.7 Å². The lowest BCUT2D eigenvalue weighted by atomic mass is 9.99. The summed E-state index contributed by atoms with van der Waals surface area (Å²) in [6.45, 7) is 4.74. The summed E-state index contributed by atoms with van der Waals surface area (Å²) in [5.41, 5.74) is 8.07. The fourth-order valence-corrected chi connectivity index (χ4v) is 3.89. The number of amides is 2. The van der Waals surface area contributed by atoms with Crippen LogP contribution in [0.4, 0.5) is 0 Å². The third-order valence-electron chi connectivity index (χ3n) is 5.92. The lowest BCUT2D eigenvalue weighted by Crippen LogP contribution is -2.44. The van der Waals surface area contributed by atoms with E-state index in [-0.39, 0.29) is 24.3 Å². The molecule has 3 rings (SSSR count). The summed E-state index contributed by atoms with van der Waals surface area (Å²) in [5, 5.41) is 2.85. The van der Waals surface area contributed by atoms with Gasteiger partial charge < -0.3 is 20.7 Å². The Labute approximate surface area is 160 Å². The second-order valence-corrected chi connectivity index (χ2v) is 7.65. The first-order valence-corrected chi connectivity index (χ1v) is 9.87. The number of nitrogens with two attached hydrogens (primary N) is 1. The summed E-state index contributed by atoms with van der Waals surface area (Å²) in [6.07, 6.45) is 5.31. The fourth-order valence-electron chi connectivity index (χ4n) is 3.89. The van der Waals surface area contributed by atoms with Gasteiger partial charge in [0, 0.05) is 18.2 Å². The Morgan fingerprint density at radius 2 is 2.15 bits per heavy atom. The Hall–Kier alpha value is -2.15. The molecule has 0 saturated heterocycles. The first-order valence-electron chi connectivity index (χ1n) is 9.87. The van der Waals surface area contributed by atoms with Crippen LogP contribution in [0.25, 0.3) is 0 Å². The molecule has 1 aliphatic carbocycles. The zero-order valence-electron chi connectivity index (χ0n) is 16.5. The lowest BCUT2D eigenvalue weighted by molar-refractivity contribution is -0.123. The zero-order valence-corrected chi connectivity index (χ0v) is 16.5. The number of carbonyl (C=O) groups is 2. The van der Waals surface area contributed by atoms with Crippen LogP contribution in [0.15, 0.2) is 6.07 Å². The maximum Gasteiger partial charge on any atom is 0.256 e. The predicted octanol–water partition coefficient (Wildman–Crippen LogP) is 1.98. The molecule has 2 amide bonds. The van der Waals surface area contributed by atoms with Crippen LogP contribution >= 0.6 is 0 Å². The van der Waals surface area contributed by atoms with Crippen LogP contribution < -0.4 is 15.8 Å². The molecule has 27 heavy (non-hydrogen) atoms. The highest BCUT2D eigenvalue weighted by Crippen LogP contribution is 2.33. The van der Waals surface area contributed by atoms with E-state index in [9.17, 15) is 9.59 Å². The number of carbonyl (C=O) groups excluding carboxylic acids is 2. The van der Waals surface area contributed by atoms with E-state index in [1.54, 1.807) is 7.11 Å². The van der Waals surface area contributed by atoms with Crippen molar-refractivity contribution < 1.29 is 14.3 Å². The Morgan fingerprint density at radius 1 is 1.44 bits per heavy atom. The van der Waals surface area contributed by atoms with Crippen molar-refractivity contribution in [1.82, 2.24) is 15.2 Å². The van der Waals surface area contributed by atoms with Crippen molar-refractivity contribution in [3.05, 3.63) is 22.9 Å². The van der Waals surface area contributed by atoms with Gasteiger partial charge in [0.1, 0.15) is 0 Å². The maximum absolute atomic E-state index is 12.8. The van der Waals surface area contributed by atoms with Crippen LogP contribution in [0.2, 0.25) is 0 Å². The standard InChI is InChI=1S/C20H30N4O3/c1-4-12(2)17(21)18(25)22-10-13-9-15-16(23-19(13)27-3)11-24(20(15)26)14-7-5-6-8-14/h9,12,14,17H,4-8,10-11,21H2,1-3H3,(H,22,25)/t12-,17-/m0/s1. The molecule has 0 spiro atoms. The number of aromatic nitrogens is 1. The summed E-state index contributed by atoms with van der Waals surface area (Å²) < 4.78 is 5.40. The smallest absolute Gasteiger partial charge is 0.256 e. The fraction of sp³-hybridized carbons (Fsp3) is 0.650. The third kappa shape index (κ3) is 3.93. The maximum atomic E-state index is 12.8. The summed E-state index contributed by atoms with van der Waals surface area (Å²) >= 11 is 0. The van der Waals surface area contributed by atoms with Crippen LogP contribution in [-0.2, 0) is 17.9 Å². The van der Waals surface area contributed by atoms with Gasteiger partial charge in [-0.3, -0.25) is 9.59 Å². The highest BCUT2D eigenvalue weighted by atomic mass is 16.5. The van der Waals surface area contributed by atoms with E-state index >= 15 is 0 Å². The molecule has 3 N–H and O–H groups in total. The van der Waals surface area contributed by atoms with Gasteiger partial charge in [-0.2, -0.15) is 0 Å². The van der Waals surface area contributed by atoms with E-state index in [1.807, 2.05) is 24.8 Å². The summed E-state index contributed by atoms with van der Waals surface area (Å²) in [5.74, 6) is 0.389. The van der Waals surface area contributed by atoms with E-state index in [4.69, 9.17) is 10.5 Å². The van der Waals surface area contributed by atoms with E-state index in [2.05, 4.69) is 10.3 Å². The summed E-state index contributed by atoms with van der Waals surface area (Å²) in [6, 6.07) is 1.57. The van der Waals surface area contributed by atoms with Gasteiger partial charge in [0.2, 0.25) is 11.8 Å². The van der Waals surface area contributed by atoms with Gasteiger partial charge in [0.05, 0.1) is 31.0 Å². The van der Waals surface area contributed by atoms with Crippen molar-refractivity contribution in [3.63, 3.8) is 0 Å². The molecule has 0 bridgehead atoms. The number of fused-ring (bicyclic) bond motifs is 1. The molecule has 7 nitrogen and oxygen atoms in total. The average Bonchev–Trinajstić information content (AvgIpc) is 3.32. The van der Waals surface area contributed by atoms with Gasteiger partial charge in [0.25, 0.3) is 5.91 Å². The van der Waals surface area contributed by atoms with Crippen molar-refractivity contribution in [2.45, 2.75) is 71.1 Å². The number of hydrogen-bond acceptors (Lipinski definition) is 5. The lowest BCUT2D eigenvalue weighted by Gasteiger charge is -2.22. The molecule has 0 aromatic carbocycles. The van der Waals surface area contributed by atoms with E-state index in [0.717, 1.165) is 25.0 Å². The molecule has 0 radical (unpaired) electrons. The molecule has 1 fully saturated rings. The van der Waals surface area contributed by atoms with E-state index < -0.39 is 6.04 Å². The molecule has 2 heterocycles. The van der Waals surface area contributed by atoms with Gasteiger partial charge in [-0.25, -0.2) is 4.98 Å². The molecule has 1 aromatic heterocycles. The highest BCUT2D eigenvalue weighted by molar-refractivity contribution is 5.98. The highest BCUT2D eigenvalue weighted by Gasteiger charge is 2.36. The largest absolute Gasteiger partial charge is 0.481 e. The minimum atomic E-state index is -0.553. The van der Waals surface area contributed by atoms with Crippen molar-refractivity contribution in [1.29, 1.82) is 0 Å². The van der Waals surface area contributed by atoms with Crippen LogP contribution in [0, 0.1) is 5.92 Å². The van der Waals surface area contributed by atoms with E-state index in [1.165, 1.54) is 12.8 Å². The second-order valence-electron chi connectivity index (χ2n) is 7.65. The van der Waals surface area contributed by atoms with Crippen molar-refractivity contribution in [3.8, 4) is 5.88 Å². The SMILES string of the molecule is CC[C@H](C)[C@H](N)C(=O)NCc1cc2c(nc1OC)CN(C1CCCC1)C2=O. The average molecular weight is 374 g/mol. The number of rotatable bonds is 7. The summed E-state index contributed by atoms with van der Waals surface area (Å²) in [7, 11) is 1.55. The minimum absolute atomic E-state index is 0.0379. The molecule has 1 aromatic rings. The molecule has 1 aliphatic heterocycles. The number of pyridine rings is 1. The first-order chi connectivity index (χ1) is 13.0. The predicted molar refractivity (Wildman–Crippen MR) is 102 cm³/mol. The number of nitrogens with zero attached hydrogens (tertiary/aromatic N) is 2. The normalized spacial score (nSPS) is 19.1. The molecule has 1 saturated carbocycles. The number of ether oxygens (including phenoxy) is 1. The van der Waals surface area contributed by atoms with E-state index in [0.29, 0.717) is 29.6 Å². The molecule has 7 heteroatoms. The van der Waals surface area contributed by atoms with Crippen molar-refractivity contribution >= 4 is 11.8 Å². The molecule has 2 atom stereocenters. The van der Waals surface area contributed by atoms with Gasteiger partial charge in [-0.1, -0.05) is 33.1 Å². The number of hydrogen-bond donors (Lipinski definition) is 2. The monoisotopic (exact) mass is 374 g/mol. The molecule has 2 aliphatic rings. The first kappa shape index (κ1) is 19.6. The molecule has 148 valence electrons. The van der Waals surface area contributed by atoms with Crippen LogP contribution in [0.5, 0.6) is 5.88 Å². The van der Waals surface area contributed by atoms with Gasteiger partial charge in [0.15, 0.2) is 0 Å². The van der Waals surface area contributed by atoms with Crippen LogP contribution in [-0.4, -0.2) is 40.9 Å². The van der Waals surface area contributed by atoms with Crippen molar-refractivity contribution in [2.75, 3.05) is 7.11 Å².